The Hall–Kier alpha value is -4.97. The molecule has 2 aromatic heterocycles. The Labute approximate surface area is 341 Å². The van der Waals surface area contributed by atoms with Gasteiger partial charge in [-0.15, -0.1) is 17.9 Å². The molecule has 2 aliphatic heterocycles. The summed E-state index contributed by atoms with van der Waals surface area (Å²) in [7, 11) is -2.32. The third-order valence-corrected chi connectivity index (χ3v) is 13.8. The molecule has 2 saturated carbocycles. The van der Waals surface area contributed by atoms with Crippen molar-refractivity contribution in [1.82, 2.24) is 30.2 Å². The summed E-state index contributed by atoms with van der Waals surface area (Å²) >= 11 is 1.51. The van der Waals surface area contributed by atoms with E-state index in [-0.39, 0.29) is 38.5 Å². The van der Waals surface area contributed by atoms with E-state index in [9.17, 15) is 27.6 Å². The minimum absolute atomic E-state index is 0.000869. The first-order valence-electron chi connectivity index (χ1n) is 19.5. The maximum atomic E-state index is 14.3. The van der Waals surface area contributed by atoms with Crippen molar-refractivity contribution in [2.24, 2.45) is 11.3 Å². The number of aromatic nitrogens is 2. The molecular formula is C40H50N6O10S2. The van der Waals surface area contributed by atoms with Gasteiger partial charge in [0.1, 0.15) is 41.8 Å². The number of nitrogens with zero attached hydrogens (tertiary/aromatic N) is 3. The molecule has 312 valence electrons. The van der Waals surface area contributed by atoms with Crippen molar-refractivity contribution >= 4 is 56.1 Å². The predicted octanol–water partition coefficient (Wildman–Crippen LogP) is 4.08. The fourth-order valence-electron chi connectivity index (χ4n) is 7.62. The standard InChI is InChI=1S/C40H50N6O10S2/c1-7-25-17-40(25,37(49)45-58(51,52)28-10-11-28)44-35(47)31-14-27-18-46(31)36(48)22(2)41-38(50)55-21-39(4,5)12-8-9-24-13-29-30(15-32(24)53-6)43-34(16-33(29)56-27)54-19-26-20-57-23(3)42-26/h7,13,15-16,20,22,25,27-28,31H,1,8-12,14,17-19,21H2,2-6H3,(H,41,50)(H,44,47)(H,45,49)/t22-,25?,27+,31-,40+/m0/s1. The molecule has 18 heteroatoms. The van der Waals surface area contributed by atoms with Crippen LogP contribution in [0.5, 0.6) is 17.4 Å². The molecule has 4 bridgehead atoms. The number of aryl methyl sites for hydroxylation is 2. The second-order valence-electron chi connectivity index (χ2n) is 16.4. The van der Waals surface area contributed by atoms with Gasteiger partial charge in [0, 0.05) is 35.2 Å². The van der Waals surface area contributed by atoms with Crippen LogP contribution in [0.15, 0.2) is 36.2 Å². The number of carbonyl (C=O) groups excluding carboxylic acids is 4. The number of hydrogen-bond acceptors (Lipinski definition) is 13. The molecule has 3 aromatic rings. The third kappa shape index (κ3) is 8.87. The number of benzene rings is 1. The topological polar surface area (TPSA) is 204 Å². The monoisotopic (exact) mass is 838 g/mol. The summed E-state index contributed by atoms with van der Waals surface area (Å²) in [6.45, 7) is 11.4. The van der Waals surface area contributed by atoms with E-state index in [1.165, 1.54) is 29.2 Å². The smallest absolute Gasteiger partial charge is 0.407 e. The average molecular weight is 839 g/mol. The van der Waals surface area contributed by atoms with Crippen molar-refractivity contribution < 1.29 is 46.5 Å². The van der Waals surface area contributed by atoms with Gasteiger partial charge in [0.05, 0.1) is 41.7 Å². The van der Waals surface area contributed by atoms with Gasteiger partial charge < -0.3 is 34.5 Å². The van der Waals surface area contributed by atoms with Gasteiger partial charge in [-0.2, -0.15) is 0 Å². The first kappa shape index (κ1) is 41.2. The number of rotatable bonds is 10. The quantitative estimate of drug-likeness (QED) is 0.247. The minimum Gasteiger partial charge on any atom is -0.496 e. The highest BCUT2D eigenvalue weighted by Gasteiger charge is 2.62. The summed E-state index contributed by atoms with van der Waals surface area (Å²) in [5.41, 5.74) is 0.231. The van der Waals surface area contributed by atoms with Gasteiger partial charge in [-0.05, 0) is 69.4 Å². The Morgan fingerprint density at radius 3 is 2.64 bits per heavy atom. The van der Waals surface area contributed by atoms with Crippen molar-refractivity contribution in [2.75, 3.05) is 20.3 Å². The number of amides is 4. The number of alkyl carbamates (subject to hydrolysis) is 1. The molecule has 16 nitrogen and oxygen atoms in total. The highest BCUT2D eigenvalue weighted by atomic mass is 32.2. The number of ether oxygens (including phenoxy) is 4. The molecule has 3 N–H and O–H groups in total. The van der Waals surface area contributed by atoms with Crippen LogP contribution in [0.25, 0.3) is 10.9 Å². The summed E-state index contributed by atoms with van der Waals surface area (Å²) < 4.78 is 51.8. The number of hydrogen-bond donors (Lipinski definition) is 3. The number of nitrogens with one attached hydrogen (secondary N) is 3. The Kier molecular flexibility index (Phi) is 11.4. The number of sulfonamides is 1. The highest BCUT2D eigenvalue weighted by Crippen LogP contribution is 2.46. The molecular weight excluding hydrogens is 789 g/mol. The number of thiazole rings is 1. The Morgan fingerprint density at radius 2 is 1.97 bits per heavy atom. The first-order valence-corrected chi connectivity index (χ1v) is 21.9. The molecule has 3 fully saturated rings. The first-order chi connectivity index (χ1) is 27.5. The maximum Gasteiger partial charge on any atom is 0.407 e. The summed E-state index contributed by atoms with van der Waals surface area (Å²) in [6, 6.07) is 3.21. The number of cyclic esters (lactones) is 1. The van der Waals surface area contributed by atoms with Crippen molar-refractivity contribution in [1.29, 1.82) is 0 Å². The van der Waals surface area contributed by atoms with Crippen molar-refractivity contribution in [3.63, 3.8) is 0 Å². The molecule has 1 aromatic carbocycles. The van der Waals surface area contributed by atoms with Gasteiger partial charge in [0.15, 0.2) is 0 Å². The van der Waals surface area contributed by atoms with Crippen LogP contribution in [0.2, 0.25) is 0 Å². The predicted molar refractivity (Wildman–Crippen MR) is 214 cm³/mol. The van der Waals surface area contributed by atoms with Gasteiger partial charge in [0.2, 0.25) is 27.7 Å². The fraction of sp³-hybridized carbons (Fsp3) is 0.550. The second-order valence-corrected chi connectivity index (χ2v) is 19.4. The van der Waals surface area contributed by atoms with E-state index in [1.54, 1.807) is 13.2 Å². The van der Waals surface area contributed by atoms with E-state index >= 15 is 0 Å². The molecule has 1 saturated heterocycles. The molecule has 2 aliphatic carbocycles. The molecule has 0 radical (unpaired) electrons. The van der Waals surface area contributed by atoms with E-state index in [1.807, 2.05) is 38.3 Å². The molecule has 58 heavy (non-hydrogen) atoms. The van der Waals surface area contributed by atoms with Crippen LogP contribution in [0.4, 0.5) is 4.79 Å². The number of carbonyl (C=O) groups is 4. The highest BCUT2D eigenvalue weighted by molar-refractivity contribution is 7.91. The number of pyridine rings is 1. The van der Waals surface area contributed by atoms with E-state index in [0.717, 1.165) is 22.7 Å². The van der Waals surface area contributed by atoms with E-state index in [0.29, 0.717) is 48.1 Å². The van der Waals surface area contributed by atoms with Crippen LogP contribution in [0.1, 0.15) is 75.6 Å². The lowest BCUT2D eigenvalue weighted by Crippen LogP contribution is -2.58. The van der Waals surface area contributed by atoms with Gasteiger partial charge in [-0.25, -0.2) is 23.2 Å². The SMILES string of the molecule is C=CC1C[C@]1(NC(=O)[C@@H]1C[C@@H]2CN1C(=O)[C@H](C)NC(=O)OCC(C)(C)CCCc1cc3c(cc(OCc4csc(C)n4)nc3cc1OC)O2)C(=O)NS(=O)(=O)C1CC1. The molecule has 1 unspecified atom stereocenters. The van der Waals surface area contributed by atoms with Gasteiger partial charge in [-0.3, -0.25) is 19.1 Å². The van der Waals surface area contributed by atoms with E-state index in [2.05, 4.69) is 26.9 Å². The van der Waals surface area contributed by atoms with Crippen LogP contribution in [0, 0.1) is 18.3 Å². The third-order valence-electron chi connectivity index (χ3n) is 11.2. The second kappa shape index (κ2) is 16.0. The van der Waals surface area contributed by atoms with Gasteiger partial charge in [0.25, 0.3) is 5.91 Å². The number of fused-ring (bicyclic) bond motifs is 3. The summed E-state index contributed by atoms with van der Waals surface area (Å²) in [6.07, 6.45) is 3.10. The summed E-state index contributed by atoms with van der Waals surface area (Å²) in [5.74, 6) is -1.35. The fourth-order valence-corrected chi connectivity index (χ4v) is 9.58. The zero-order valence-corrected chi connectivity index (χ0v) is 34.9. The van der Waals surface area contributed by atoms with Crippen LogP contribution in [-0.2, 0) is 42.2 Å². The van der Waals surface area contributed by atoms with Gasteiger partial charge in [-0.1, -0.05) is 19.9 Å². The lowest BCUT2D eigenvalue weighted by Gasteiger charge is -2.29. The molecule has 4 heterocycles. The largest absolute Gasteiger partial charge is 0.496 e. The lowest BCUT2D eigenvalue weighted by atomic mass is 9.87. The van der Waals surface area contributed by atoms with Crippen LogP contribution in [0.3, 0.4) is 0 Å². The van der Waals surface area contributed by atoms with Crippen LogP contribution < -0.4 is 29.6 Å². The molecule has 5 atom stereocenters. The van der Waals surface area contributed by atoms with Crippen LogP contribution in [-0.4, -0.2) is 96.3 Å². The number of methoxy groups -OCH3 is 1. The lowest BCUT2D eigenvalue weighted by molar-refractivity contribution is -0.140. The zero-order chi connectivity index (χ0) is 41.6. The maximum absolute atomic E-state index is 14.3. The Balaban J connectivity index is 1.23. The van der Waals surface area contributed by atoms with E-state index in [4.69, 9.17) is 23.9 Å². The molecule has 4 aliphatic rings. The Morgan fingerprint density at radius 1 is 1.19 bits per heavy atom. The minimum atomic E-state index is -3.91. The van der Waals surface area contributed by atoms with E-state index < -0.39 is 74.1 Å². The average Bonchev–Trinajstić information content (AvgIpc) is 4.07. The van der Waals surface area contributed by atoms with Crippen molar-refractivity contribution in [3.05, 3.63) is 52.5 Å². The van der Waals surface area contributed by atoms with Gasteiger partial charge >= 0.3 is 6.09 Å². The Bertz CT molecular complexity index is 2240. The molecule has 7 rings (SSSR count). The van der Waals surface area contributed by atoms with Crippen molar-refractivity contribution in [2.45, 2.75) is 108 Å². The molecule has 0 spiro atoms. The summed E-state index contributed by atoms with van der Waals surface area (Å²) in [5, 5.41) is 8.22. The molecule has 4 amide bonds. The zero-order valence-electron chi connectivity index (χ0n) is 33.3. The summed E-state index contributed by atoms with van der Waals surface area (Å²) in [4.78, 5) is 65.6. The normalized spacial score (nSPS) is 26.1. The van der Waals surface area contributed by atoms with Crippen molar-refractivity contribution in [3.8, 4) is 17.4 Å². The van der Waals surface area contributed by atoms with Crippen LogP contribution >= 0.6 is 11.3 Å².